The number of Topliss-reactive ketones (excluding diaryl/α,β-unsaturated/α-hetero) is 1. The Balaban J connectivity index is 2.06. The van der Waals surface area contributed by atoms with Crippen molar-refractivity contribution in [1.29, 1.82) is 0 Å². The van der Waals surface area contributed by atoms with E-state index in [-0.39, 0.29) is 18.7 Å². The molecular weight excluding hydrogens is 361 g/mol. The number of carbonyl (C=O) groups excluding carboxylic acids is 2. The number of carbonyl (C=O) groups is 2. The first-order valence-electron chi connectivity index (χ1n) is 7.81. The Labute approximate surface area is 156 Å². The van der Waals surface area contributed by atoms with Gasteiger partial charge < -0.3 is 10.0 Å². The summed E-state index contributed by atoms with van der Waals surface area (Å²) >= 11 is 12.1. The normalized spacial score (nSPS) is 19.2. The van der Waals surface area contributed by atoms with Crippen molar-refractivity contribution in [2.24, 2.45) is 0 Å². The Bertz CT molecular complexity index is 881. The van der Waals surface area contributed by atoms with Gasteiger partial charge in [0.05, 0.1) is 12.2 Å². The molecule has 0 aliphatic carbocycles. The van der Waals surface area contributed by atoms with Crippen LogP contribution < -0.4 is 4.90 Å². The van der Waals surface area contributed by atoms with Crippen LogP contribution in [-0.2, 0) is 21.7 Å². The molecule has 0 saturated carbocycles. The zero-order chi connectivity index (χ0) is 18.4. The second-order valence-corrected chi connectivity index (χ2v) is 7.23. The summed E-state index contributed by atoms with van der Waals surface area (Å²) in [5.41, 5.74) is 0.813. The second kappa shape index (κ2) is 6.45. The average molecular weight is 378 g/mol. The van der Waals surface area contributed by atoms with Crippen molar-refractivity contribution in [3.63, 3.8) is 0 Å². The Morgan fingerprint density at radius 3 is 2.56 bits per heavy atom. The van der Waals surface area contributed by atoms with Crippen molar-refractivity contribution in [2.75, 3.05) is 4.90 Å². The van der Waals surface area contributed by atoms with E-state index in [0.717, 1.165) is 5.56 Å². The standard InChI is InChI=1S/C19H17Cl2NO3/c1-11-3-6-17-15(7-11)19(25,9-12(2)23)18(24)22(17)10-13-4-5-14(20)8-16(13)21/h3-8,25H,9-10H2,1-2H3. The highest BCUT2D eigenvalue weighted by molar-refractivity contribution is 6.35. The molecule has 1 N–H and O–H groups in total. The van der Waals surface area contributed by atoms with Crippen LogP contribution in [0.1, 0.15) is 30.0 Å². The van der Waals surface area contributed by atoms with Crippen LogP contribution in [0.3, 0.4) is 0 Å². The first-order valence-corrected chi connectivity index (χ1v) is 8.57. The van der Waals surface area contributed by atoms with Gasteiger partial charge in [-0.2, -0.15) is 0 Å². The lowest BCUT2D eigenvalue weighted by Crippen LogP contribution is -2.41. The highest BCUT2D eigenvalue weighted by atomic mass is 35.5. The van der Waals surface area contributed by atoms with Gasteiger partial charge in [-0.25, -0.2) is 0 Å². The fourth-order valence-corrected chi connectivity index (χ4v) is 3.64. The van der Waals surface area contributed by atoms with E-state index in [1.165, 1.54) is 11.8 Å². The lowest BCUT2D eigenvalue weighted by molar-refractivity contribution is -0.141. The molecular formula is C19H17Cl2NO3. The Morgan fingerprint density at radius 2 is 1.92 bits per heavy atom. The molecule has 0 saturated heterocycles. The van der Waals surface area contributed by atoms with Crippen LogP contribution in [0.5, 0.6) is 0 Å². The molecule has 0 aromatic heterocycles. The van der Waals surface area contributed by atoms with Crippen LogP contribution >= 0.6 is 23.2 Å². The van der Waals surface area contributed by atoms with E-state index >= 15 is 0 Å². The number of hydrogen-bond acceptors (Lipinski definition) is 3. The van der Waals surface area contributed by atoms with E-state index in [1.807, 2.05) is 13.0 Å². The van der Waals surface area contributed by atoms with Crippen molar-refractivity contribution < 1.29 is 14.7 Å². The summed E-state index contributed by atoms with van der Waals surface area (Å²) in [6.45, 7) is 3.42. The third-order valence-electron chi connectivity index (χ3n) is 4.34. The van der Waals surface area contributed by atoms with Crippen molar-refractivity contribution in [2.45, 2.75) is 32.4 Å². The summed E-state index contributed by atoms with van der Waals surface area (Å²) in [6.07, 6.45) is -0.257. The van der Waals surface area contributed by atoms with E-state index < -0.39 is 11.5 Å². The maximum atomic E-state index is 13.0. The summed E-state index contributed by atoms with van der Waals surface area (Å²) < 4.78 is 0. The number of nitrogens with zero attached hydrogens (tertiary/aromatic N) is 1. The first-order chi connectivity index (χ1) is 11.7. The second-order valence-electron chi connectivity index (χ2n) is 6.39. The lowest BCUT2D eigenvalue weighted by atomic mass is 9.89. The molecule has 2 aromatic rings. The minimum absolute atomic E-state index is 0.186. The smallest absolute Gasteiger partial charge is 0.264 e. The number of aliphatic hydroxyl groups is 1. The molecule has 0 fully saturated rings. The van der Waals surface area contributed by atoms with Gasteiger partial charge in [-0.1, -0.05) is 47.0 Å². The summed E-state index contributed by atoms with van der Waals surface area (Å²) in [6, 6.07) is 10.4. The molecule has 130 valence electrons. The van der Waals surface area contributed by atoms with Gasteiger partial charge in [-0.15, -0.1) is 0 Å². The number of amides is 1. The Hall–Kier alpha value is -1.88. The largest absolute Gasteiger partial charge is 0.375 e. The number of fused-ring (bicyclic) bond motifs is 1. The van der Waals surface area contributed by atoms with Gasteiger partial charge in [0.25, 0.3) is 5.91 Å². The van der Waals surface area contributed by atoms with Crippen LogP contribution in [0.2, 0.25) is 10.0 Å². The lowest BCUT2D eigenvalue weighted by Gasteiger charge is -2.22. The highest BCUT2D eigenvalue weighted by Crippen LogP contribution is 2.44. The Morgan fingerprint density at radius 1 is 1.20 bits per heavy atom. The van der Waals surface area contributed by atoms with Crippen molar-refractivity contribution in [3.05, 3.63) is 63.1 Å². The Kier molecular flexibility index (Phi) is 4.62. The molecule has 2 aromatic carbocycles. The van der Waals surface area contributed by atoms with Crippen LogP contribution in [0, 0.1) is 6.92 Å². The van der Waals surface area contributed by atoms with Gasteiger partial charge in [-0.05, 0) is 37.6 Å². The van der Waals surface area contributed by atoms with Crippen molar-refractivity contribution in [3.8, 4) is 0 Å². The predicted octanol–water partition coefficient (Wildman–Crippen LogP) is 4.02. The molecule has 0 radical (unpaired) electrons. The molecule has 1 atom stereocenters. The number of hydrogen-bond donors (Lipinski definition) is 1. The molecule has 1 heterocycles. The van der Waals surface area contributed by atoms with Crippen molar-refractivity contribution in [1.82, 2.24) is 0 Å². The van der Waals surface area contributed by atoms with Gasteiger partial charge >= 0.3 is 0 Å². The molecule has 0 spiro atoms. The van der Waals surface area contributed by atoms with Gasteiger partial charge in [0.2, 0.25) is 0 Å². The van der Waals surface area contributed by atoms with Crippen molar-refractivity contribution >= 4 is 40.6 Å². The summed E-state index contributed by atoms with van der Waals surface area (Å²) in [4.78, 5) is 26.1. The third kappa shape index (κ3) is 3.17. The maximum absolute atomic E-state index is 13.0. The number of halogens is 2. The molecule has 6 heteroatoms. The van der Waals surface area contributed by atoms with Gasteiger partial charge in [0.1, 0.15) is 5.78 Å². The number of rotatable bonds is 4. The monoisotopic (exact) mass is 377 g/mol. The molecule has 1 aliphatic heterocycles. The van der Waals surface area contributed by atoms with Gasteiger partial charge in [0.15, 0.2) is 5.60 Å². The number of ketones is 1. The van der Waals surface area contributed by atoms with E-state index in [9.17, 15) is 14.7 Å². The minimum Gasteiger partial charge on any atom is -0.375 e. The van der Waals surface area contributed by atoms with Crippen LogP contribution in [-0.4, -0.2) is 16.8 Å². The van der Waals surface area contributed by atoms with E-state index in [4.69, 9.17) is 23.2 Å². The van der Waals surface area contributed by atoms with Crippen LogP contribution in [0.25, 0.3) is 0 Å². The summed E-state index contributed by atoms with van der Waals surface area (Å²) in [5.74, 6) is -0.774. The molecule has 4 nitrogen and oxygen atoms in total. The van der Waals surface area contributed by atoms with Gasteiger partial charge in [-0.3, -0.25) is 9.59 Å². The van der Waals surface area contributed by atoms with Crippen LogP contribution in [0.15, 0.2) is 36.4 Å². The summed E-state index contributed by atoms with van der Waals surface area (Å²) in [7, 11) is 0. The molecule has 1 amide bonds. The predicted molar refractivity (Wildman–Crippen MR) is 98.0 cm³/mol. The zero-order valence-electron chi connectivity index (χ0n) is 13.8. The fraction of sp³-hybridized carbons (Fsp3) is 0.263. The fourth-order valence-electron chi connectivity index (χ4n) is 3.17. The van der Waals surface area contributed by atoms with E-state index in [2.05, 4.69) is 0 Å². The number of anilines is 1. The molecule has 25 heavy (non-hydrogen) atoms. The number of aryl methyl sites for hydroxylation is 1. The summed E-state index contributed by atoms with van der Waals surface area (Å²) in [5, 5.41) is 11.9. The molecule has 1 unspecified atom stereocenters. The van der Waals surface area contributed by atoms with Gasteiger partial charge in [0, 0.05) is 22.0 Å². The number of benzene rings is 2. The third-order valence-corrected chi connectivity index (χ3v) is 4.92. The molecule has 1 aliphatic rings. The quantitative estimate of drug-likeness (QED) is 0.875. The minimum atomic E-state index is -1.84. The zero-order valence-corrected chi connectivity index (χ0v) is 15.4. The average Bonchev–Trinajstić information content (AvgIpc) is 2.71. The van der Waals surface area contributed by atoms with E-state index in [0.29, 0.717) is 26.9 Å². The topological polar surface area (TPSA) is 57.6 Å². The molecule has 0 bridgehead atoms. The maximum Gasteiger partial charge on any atom is 0.264 e. The first kappa shape index (κ1) is 17.9. The highest BCUT2D eigenvalue weighted by Gasteiger charge is 2.50. The molecule has 3 rings (SSSR count). The van der Waals surface area contributed by atoms with Crippen LogP contribution in [0.4, 0.5) is 5.69 Å². The van der Waals surface area contributed by atoms with E-state index in [1.54, 1.807) is 30.3 Å². The SMILES string of the molecule is CC(=O)CC1(O)C(=O)N(Cc2ccc(Cl)cc2Cl)c2ccc(C)cc21.